The summed E-state index contributed by atoms with van der Waals surface area (Å²) >= 11 is 0. The summed E-state index contributed by atoms with van der Waals surface area (Å²) < 4.78 is 0. The van der Waals surface area contributed by atoms with Crippen LogP contribution in [0, 0.1) is 6.58 Å². The van der Waals surface area contributed by atoms with Crippen LogP contribution in [0.25, 0.3) is 10.9 Å². The van der Waals surface area contributed by atoms with Crippen LogP contribution in [0.1, 0.15) is 32.8 Å². The van der Waals surface area contributed by atoms with Crippen LogP contribution in [0.5, 0.6) is 0 Å². The quantitative estimate of drug-likeness (QED) is 0.624. The summed E-state index contributed by atoms with van der Waals surface area (Å²) in [4.78, 5) is 8.24. The van der Waals surface area contributed by atoms with Crippen molar-refractivity contribution in [2.45, 2.75) is 27.2 Å². The third kappa shape index (κ3) is 5.61. The number of nitrogens with one attached hydrogen (secondary N) is 1. The van der Waals surface area contributed by atoms with Crippen molar-refractivity contribution in [3.63, 3.8) is 0 Å². The van der Waals surface area contributed by atoms with Gasteiger partial charge in [-0.2, -0.15) is 5.56 Å². The van der Waals surface area contributed by atoms with Gasteiger partial charge in [-0.25, -0.2) is 21.2 Å². The molecule has 5 heteroatoms. The first-order valence-corrected chi connectivity index (χ1v) is 7.14. The number of rotatable bonds is 5. The van der Waals surface area contributed by atoms with Crippen LogP contribution >= 0.6 is 0 Å². The van der Waals surface area contributed by atoms with E-state index in [1.165, 1.54) is 0 Å². The monoisotopic (exact) mass is 466 g/mol. The van der Waals surface area contributed by atoms with Gasteiger partial charge in [0.15, 0.2) is 0 Å². The third-order valence-electron chi connectivity index (χ3n) is 2.79. The molecule has 4 nitrogen and oxygen atoms in total. The fraction of sp³-hybridized carbons (Fsp3) is 0.294. The second kappa shape index (κ2) is 11.0. The number of benzene rings is 1. The standard InChI is InChI=1S/C15H16N4.C2H6.W/c1-4-11(2)13-7-6-12(10-14(13)16-3)19-15-17-8-5-9-18-15;1-2;/h2,5-10H,4H2,1,3H3,(H,17,18,19);1-2H3;/q-2;;+2. The van der Waals surface area contributed by atoms with Gasteiger partial charge in [-0.15, -0.1) is 13.1 Å². The van der Waals surface area contributed by atoms with Gasteiger partial charge in [0.1, 0.15) is 0 Å². The van der Waals surface area contributed by atoms with Crippen molar-refractivity contribution in [3.8, 4) is 0 Å². The van der Waals surface area contributed by atoms with E-state index in [0.29, 0.717) is 5.95 Å². The Bertz CT molecular complexity index is 570. The van der Waals surface area contributed by atoms with E-state index in [1.807, 2.05) is 39.0 Å². The zero-order valence-electron chi connectivity index (χ0n) is 13.5. The van der Waals surface area contributed by atoms with Crippen LogP contribution in [0.15, 0.2) is 36.7 Å². The molecule has 1 N–H and O–H groups in total. The van der Waals surface area contributed by atoms with E-state index >= 15 is 0 Å². The summed E-state index contributed by atoms with van der Waals surface area (Å²) in [5, 5.41) is 7.39. The summed E-state index contributed by atoms with van der Waals surface area (Å²) in [6.07, 6.45) is 4.19. The van der Waals surface area contributed by atoms with Gasteiger partial charge in [0.2, 0.25) is 5.95 Å². The molecule has 0 unspecified atom stereocenters. The Labute approximate surface area is 147 Å². The normalized spacial score (nSPS) is 8.91. The van der Waals surface area contributed by atoms with Gasteiger partial charge in [0.25, 0.3) is 0 Å². The third-order valence-corrected chi connectivity index (χ3v) is 2.79. The molecule has 0 aliphatic rings. The van der Waals surface area contributed by atoms with Crippen molar-refractivity contribution < 1.29 is 21.1 Å². The van der Waals surface area contributed by atoms with E-state index in [1.54, 1.807) is 25.5 Å². The van der Waals surface area contributed by atoms with Crippen molar-refractivity contribution in [2.24, 2.45) is 0 Å². The Morgan fingerprint density at radius 2 is 1.86 bits per heavy atom. The molecule has 0 amide bonds. The number of hydrogen-bond donors (Lipinski definition) is 1. The molecule has 0 saturated carbocycles. The van der Waals surface area contributed by atoms with E-state index in [4.69, 9.17) is 6.58 Å². The van der Waals surface area contributed by atoms with Gasteiger partial charge in [-0.3, -0.25) is 6.58 Å². The predicted octanol–water partition coefficient (Wildman–Crippen LogP) is 5.11. The molecule has 0 bridgehead atoms. The van der Waals surface area contributed by atoms with Gasteiger partial charge in [0, 0.05) is 18.1 Å². The van der Waals surface area contributed by atoms with E-state index in [0.717, 1.165) is 28.9 Å². The molecule has 1 aromatic carbocycles. The van der Waals surface area contributed by atoms with Crippen LogP contribution in [-0.2, 0) is 21.1 Å². The average Bonchev–Trinajstić information content (AvgIpc) is 2.56. The Morgan fingerprint density at radius 1 is 1.23 bits per heavy atom. The van der Waals surface area contributed by atoms with Gasteiger partial charge in [-0.05, 0) is 6.07 Å². The number of allylic oxidation sites excluding steroid dienone is 1. The molecule has 2 rings (SSSR count). The molecule has 0 aliphatic carbocycles. The maximum Gasteiger partial charge on any atom is 2.00 e. The van der Waals surface area contributed by atoms with Crippen LogP contribution in [0.4, 0.5) is 17.3 Å². The summed E-state index contributed by atoms with van der Waals surface area (Å²) in [6.45, 7) is 12.0. The van der Waals surface area contributed by atoms with Gasteiger partial charge >= 0.3 is 21.1 Å². The van der Waals surface area contributed by atoms with Gasteiger partial charge in [-0.1, -0.05) is 39.3 Å². The molecule has 0 aliphatic heterocycles. The molecule has 1 aromatic heterocycles. The number of aromatic nitrogens is 2. The summed E-state index contributed by atoms with van der Waals surface area (Å²) in [6, 6.07) is 7.63. The van der Waals surface area contributed by atoms with Crippen molar-refractivity contribution in [2.75, 3.05) is 12.4 Å². The summed E-state index contributed by atoms with van der Waals surface area (Å²) in [5.74, 6) is 0.560. The summed E-state index contributed by atoms with van der Waals surface area (Å²) in [7, 11) is 1.75. The van der Waals surface area contributed by atoms with Crippen molar-refractivity contribution in [1.82, 2.24) is 9.97 Å². The molecule has 22 heavy (non-hydrogen) atoms. The zero-order valence-corrected chi connectivity index (χ0v) is 16.4. The van der Waals surface area contributed by atoms with Gasteiger partial charge in [0.05, 0.1) is 0 Å². The van der Waals surface area contributed by atoms with Gasteiger partial charge < -0.3 is 10.6 Å². The van der Waals surface area contributed by atoms with Crippen LogP contribution in [-0.4, -0.2) is 17.0 Å². The van der Waals surface area contributed by atoms with Crippen LogP contribution in [0.3, 0.4) is 0 Å². The summed E-state index contributed by atoms with van der Waals surface area (Å²) in [5.41, 5.74) is 3.56. The maximum absolute atomic E-state index is 5.98. The molecule has 0 radical (unpaired) electrons. The average molecular weight is 466 g/mol. The topological polar surface area (TPSA) is 51.9 Å². The van der Waals surface area contributed by atoms with Crippen molar-refractivity contribution in [3.05, 3.63) is 54.1 Å². The van der Waals surface area contributed by atoms with E-state index < -0.39 is 0 Å². The molecule has 116 valence electrons. The van der Waals surface area contributed by atoms with Crippen molar-refractivity contribution in [1.29, 1.82) is 0 Å². The van der Waals surface area contributed by atoms with E-state index in [-0.39, 0.29) is 21.1 Å². The second-order valence-electron chi connectivity index (χ2n) is 4.03. The van der Waals surface area contributed by atoms with E-state index in [9.17, 15) is 0 Å². The number of anilines is 2. The first-order chi connectivity index (χ1) is 10.2. The van der Waals surface area contributed by atoms with Crippen LogP contribution in [0.2, 0.25) is 0 Å². The molecular weight excluding hydrogens is 444 g/mol. The molecule has 2 aromatic rings. The minimum Gasteiger partial charge on any atom is -0.702 e. The molecule has 0 fully saturated rings. The predicted molar refractivity (Wildman–Crippen MR) is 90.0 cm³/mol. The SMILES string of the molecule is CC.[CH-]=C(CC)c1ccc(Nc2ncccn2)cc1[N-]C.[W+2]. The molecule has 1 heterocycles. The Balaban J connectivity index is 0.00000141. The molecule has 0 spiro atoms. The fourth-order valence-corrected chi connectivity index (χ4v) is 1.75. The largest absolute Gasteiger partial charge is 2.00 e. The minimum absolute atomic E-state index is 0. The van der Waals surface area contributed by atoms with Crippen LogP contribution < -0.4 is 5.32 Å². The Kier molecular flexibility index (Phi) is 10.1. The maximum atomic E-state index is 5.98. The zero-order chi connectivity index (χ0) is 15.7. The number of nitrogens with zero attached hydrogens (tertiary/aromatic N) is 3. The minimum atomic E-state index is 0. The first-order valence-electron chi connectivity index (χ1n) is 7.14. The Hall–Kier alpha value is -1.67. The second-order valence-corrected chi connectivity index (χ2v) is 4.03. The smallest absolute Gasteiger partial charge is 0.702 e. The molecular formula is C17H22N4W. The molecule has 0 saturated heterocycles. The van der Waals surface area contributed by atoms with E-state index in [2.05, 4.69) is 20.6 Å². The first kappa shape index (κ1) is 20.3. The fourth-order valence-electron chi connectivity index (χ4n) is 1.75. The molecule has 0 atom stereocenters. The van der Waals surface area contributed by atoms with Crippen molar-refractivity contribution >= 4 is 22.9 Å². The Morgan fingerprint density at radius 3 is 2.41 bits per heavy atom. The number of hydrogen-bond acceptors (Lipinski definition) is 3.